The van der Waals surface area contributed by atoms with Gasteiger partial charge in [0, 0.05) is 37.9 Å². The second-order valence-electron chi connectivity index (χ2n) is 5.14. The Balaban J connectivity index is 1.78. The molecule has 0 bridgehead atoms. The molecule has 1 N–H and O–H groups in total. The molecule has 0 aliphatic carbocycles. The number of hydrogen-bond acceptors (Lipinski definition) is 4. The van der Waals surface area contributed by atoms with Gasteiger partial charge < -0.3 is 8.98 Å². The van der Waals surface area contributed by atoms with Crippen molar-refractivity contribution >= 4 is 0 Å². The highest BCUT2D eigenvalue weighted by atomic mass is 16.3. The molecular formula is C15H19N5O. The van der Waals surface area contributed by atoms with Crippen molar-refractivity contribution in [2.75, 3.05) is 0 Å². The van der Waals surface area contributed by atoms with E-state index in [1.54, 1.807) is 18.7 Å². The lowest BCUT2D eigenvalue weighted by Gasteiger charge is -2.21. The highest BCUT2D eigenvalue weighted by molar-refractivity contribution is 5.16. The first-order valence-electron chi connectivity index (χ1n) is 6.98. The van der Waals surface area contributed by atoms with Gasteiger partial charge in [-0.25, -0.2) is 4.98 Å². The fourth-order valence-corrected chi connectivity index (χ4v) is 2.42. The molecule has 0 saturated heterocycles. The molecule has 3 heterocycles. The molecule has 110 valence electrons. The number of aromatic nitrogens is 4. The topological polar surface area (TPSA) is 60.8 Å². The number of furan rings is 1. The summed E-state index contributed by atoms with van der Waals surface area (Å²) in [6, 6.07) is 5.93. The van der Waals surface area contributed by atoms with Crippen LogP contribution in [0.4, 0.5) is 0 Å². The van der Waals surface area contributed by atoms with E-state index >= 15 is 0 Å². The zero-order chi connectivity index (χ0) is 14.7. The summed E-state index contributed by atoms with van der Waals surface area (Å²) in [4.78, 5) is 4.44. The van der Waals surface area contributed by atoms with E-state index in [1.165, 1.54) is 0 Å². The van der Waals surface area contributed by atoms with Crippen molar-refractivity contribution in [2.24, 2.45) is 7.05 Å². The Morgan fingerprint density at radius 2 is 2.19 bits per heavy atom. The number of aryl methyl sites for hydroxylation is 1. The lowest BCUT2D eigenvalue weighted by Crippen LogP contribution is -2.35. The van der Waals surface area contributed by atoms with Gasteiger partial charge in [0.15, 0.2) is 0 Å². The molecule has 3 aromatic heterocycles. The van der Waals surface area contributed by atoms with Gasteiger partial charge in [0.2, 0.25) is 0 Å². The van der Waals surface area contributed by atoms with Crippen LogP contribution in [0, 0.1) is 0 Å². The van der Waals surface area contributed by atoms with Crippen molar-refractivity contribution < 1.29 is 4.42 Å². The maximum absolute atomic E-state index is 5.57. The summed E-state index contributed by atoms with van der Waals surface area (Å²) in [7, 11) is 1.98. The molecule has 0 aliphatic heterocycles. The lowest BCUT2D eigenvalue weighted by molar-refractivity contribution is 0.369. The maximum atomic E-state index is 5.57. The van der Waals surface area contributed by atoms with Crippen LogP contribution < -0.4 is 5.32 Å². The summed E-state index contributed by atoms with van der Waals surface area (Å²) in [5.74, 6) is 1.79. The molecule has 0 fully saturated rings. The van der Waals surface area contributed by atoms with Gasteiger partial charge >= 0.3 is 0 Å². The summed E-state index contributed by atoms with van der Waals surface area (Å²) in [5.41, 5.74) is 0. The monoisotopic (exact) mass is 285 g/mol. The van der Waals surface area contributed by atoms with E-state index in [0.29, 0.717) is 0 Å². The Bertz CT molecular complexity index is 656. The molecule has 0 amide bonds. The fourth-order valence-electron chi connectivity index (χ4n) is 2.42. The molecule has 6 heteroatoms. The predicted molar refractivity (Wildman–Crippen MR) is 78.6 cm³/mol. The molecule has 3 rings (SSSR count). The number of imidazole rings is 1. The highest BCUT2D eigenvalue weighted by Crippen LogP contribution is 2.21. The number of nitrogens with one attached hydrogen (secondary N) is 1. The Morgan fingerprint density at radius 3 is 2.81 bits per heavy atom. The Hall–Kier alpha value is -2.34. The van der Waals surface area contributed by atoms with Crippen molar-refractivity contribution in [3.05, 3.63) is 60.8 Å². The van der Waals surface area contributed by atoms with Gasteiger partial charge in [-0.2, -0.15) is 5.10 Å². The van der Waals surface area contributed by atoms with Crippen LogP contribution in [0.25, 0.3) is 0 Å². The molecule has 0 aliphatic rings. The second kappa shape index (κ2) is 5.97. The summed E-state index contributed by atoms with van der Waals surface area (Å²) < 4.78 is 9.49. The van der Waals surface area contributed by atoms with Gasteiger partial charge in [0.1, 0.15) is 17.6 Å². The van der Waals surface area contributed by atoms with Crippen LogP contribution in [-0.4, -0.2) is 25.4 Å². The van der Waals surface area contributed by atoms with Crippen molar-refractivity contribution in [1.82, 2.24) is 24.6 Å². The van der Waals surface area contributed by atoms with E-state index in [2.05, 4.69) is 22.3 Å². The largest absolute Gasteiger partial charge is 0.467 e. The minimum atomic E-state index is -0.0782. The van der Waals surface area contributed by atoms with E-state index in [-0.39, 0.29) is 12.1 Å². The van der Waals surface area contributed by atoms with Crippen molar-refractivity contribution in [3.8, 4) is 0 Å². The van der Waals surface area contributed by atoms with Crippen LogP contribution in [-0.2, 0) is 13.6 Å². The van der Waals surface area contributed by atoms with Gasteiger partial charge in [-0.1, -0.05) is 0 Å². The summed E-state index contributed by atoms with van der Waals surface area (Å²) >= 11 is 0. The highest BCUT2D eigenvalue weighted by Gasteiger charge is 2.22. The van der Waals surface area contributed by atoms with Gasteiger partial charge in [0.25, 0.3) is 0 Å². The third kappa shape index (κ3) is 3.05. The zero-order valence-corrected chi connectivity index (χ0v) is 12.2. The Morgan fingerprint density at radius 1 is 1.29 bits per heavy atom. The van der Waals surface area contributed by atoms with Crippen molar-refractivity contribution in [2.45, 2.75) is 25.6 Å². The first kappa shape index (κ1) is 13.6. The normalized spacial score (nSPS) is 14.2. The Kier molecular flexibility index (Phi) is 3.87. The predicted octanol–water partition coefficient (Wildman–Crippen LogP) is 1.98. The third-order valence-corrected chi connectivity index (χ3v) is 3.42. The van der Waals surface area contributed by atoms with Crippen LogP contribution in [0.3, 0.4) is 0 Å². The van der Waals surface area contributed by atoms with E-state index in [0.717, 1.165) is 18.1 Å². The van der Waals surface area contributed by atoms with E-state index < -0.39 is 0 Å². The third-order valence-electron chi connectivity index (χ3n) is 3.42. The summed E-state index contributed by atoms with van der Waals surface area (Å²) in [6.45, 7) is 2.91. The van der Waals surface area contributed by atoms with Crippen LogP contribution in [0.5, 0.6) is 0 Å². The van der Waals surface area contributed by atoms with Gasteiger partial charge in [0.05, 0.1) is 12.8 Å². The average molecular weight is 285 g/mol. The molecule has 2 atom stereocenters. The molecule has 0 aromatic carbocycles. The van der Waals surface area contributed by atoms with Gasteiger partial charge in [-0.15, -0.1) is 0 Å². The average Bonchev–Trinajstić information content (AvgIpc) is 3.18. The molecule has 6 nitrogen and oxygen atoms in total. The second-order valence-corrected chi connectivity index (χ2v) is 5.14. The molecule has 0 spiro atoms. The summed E-state index contributed by atoms with van der Waals surface area (Å²) in [6.07, 6.45) is 9.16. The molecule has 2 unspecified atom stereocenters. The molecule has 0 radical (unpaired) electrons. The molecular weight excluding hydrogens is 266 g/mol. The standard InChI is InChI=1S/C15H19N5O/c1-12(11-20-8-4-6-17-20)18-14(13-5-3-10-21-13)15-16-7-9-19(15)2/h3-10,12,14,18H,11H2,1-2H3. The number of hydrogen-bond donors (Lipinski definition) is 1. The Labute approximate surface area is 123 Å². The van der Waals surface area contributed by atoms with Crippen LogP contribution in [0.1, 0.15) is 24.6 Å². The van der Waals surface area contributed by atoms with Crippen LogP contribution in [0.15, 0.2) is 53.7 Å². The molecule has 0 saturated carbocycles. The van der Waals surface area contributed by atoms with Gasteiger partial charge in [-0.05, 0) is 25.1 Å². The minimum absolute atomic E-state index is 0.0782. The summed E-state index contributed by atoms with van der Waals surface area (Å²) in [5, 5.41) is 7.80. The SMILES string of the molecule is CC(Cn1cccn1)NC(c1ccco1)c1nccn1C. The quantitative estimate of drug-likeness (QED) is 0.752. The maximum Gasteiger partial charge on any atom is 0.133 e. The van der Waals surface area contributed by atoms with Crippen LogP contribution >= 0.6 is 0 Å². The number of rotatable bonds is 6. The zero-order valence-electron chi connectivity index (χ0n) is 12.2. The minimum Gasteiger partial charge on any atom is -0.467 e. The van der Waals surface area contributed by atoms with Gasteiger partial charge in [-0.3, -0.25) is 10.00 Å². The fraction of sp³-hybridized carbons (Fsp3) is 0.333. The van der Waals surface area contributed by atoms with Crippen LogP contribution in [0.2, 0.25) is 0 Å². The van der Waals surface area contributed by atoms with E-state index in [4.69, 9.17) is 4.42 Å². The smallest absolute Gasteiger partial charge is 0.133 e. The van der Waals surface area contributed by atoms with Crippen molar-refractivity contribution in [1.29, 1.82) is 0 Å². The first-order chi connectivity index (χ1) is 10.2. The molecule has 21 heavy (non-hydrogen) atoms. The van der Waals surface area contributed by atoms with E-state index in [1.807, 2.05) is 46.9 Å². The first-order valence-corrected chi connectivity index (χ1v) is 6.98. The number of nitrogens with zero attached hydrogens (tertiary/aromatic N) is 4. The lowest BCUT2D eigenvalue weighted by atomic mass is 10.1. The van der Waals surface area contributed by atoms with E-state index in [9.17, 15) is 0 Å². The van der Waals surface area contributed by atoms with Crippen molar-refractivity contribution in [3.63, 3.8) is 0 Å². The molecule has 3 aromatic rings.